The number of para-hydroxylation sites is 2. The molecule has 1 N–H and O–H groups in total. The molecule has 0 spiro atoms. The van der Waals surface area contributed by atoms with Crippen LogP contribution in [0, 0.1) is 6.92 Å². The summed E-state index contributed by atoms with van der Waals surface area (Å²) in [6.45, 7) is 7.67. The Balaban J connectivity index is 1.92. The summed E-state index contributed by atoms with van der Waals surface area (Å²) in [6, 6.07) is 21.2. The summed E-state index contributed by atoms with van der Waals surface area (Å²) in [5, 5.41) is 2.93. The van der Waals surface area contributed by atoms with Gasteiger partial charge >= 0.3 is 0 Å². The number of hydrogen-bond acceptors (Lipinski definition) is 4. The number of amides is 1. The maximum absolute atomic E-state index is 13.7. The Labute approximate surface area is 202 Å². The van der Waals surface area contributed by atoms with Gasteiger partial charge in [0.25, 0.3) is 10.0 Å². The number of aryl methyl sites for hydroxylation is 2. The Hall–Kier alpha value is -3.32. The van der Waals surface area contributed by atoms with Crippen molar-refractivity contribution >= 4 is 21.6 Å². The first-order chi connectivity index (χ1) is 16.3. The van der Waals surface area contributed by atoms with Gasteiger partial charge in [0, 0.05) is 0 Å². The van der Waals surface area contributed by atoms with E-state index in [2.05, 4.69) is 12.2 Å². The van der Waals surface area contributed by atoms with Crippen molar-refractivity contribution in [3.05, 3.63) is 89.5 Å². The van der Waals surface area contributed by atoms with Crippen molar-refractivity contribution in [1.29, 1.82) is 0 Å². The first-order valence-electron chi connectivity index (χ1n) is 11.5. The highest BCUT2D eigenvalue weighted by Gasteiger charge is 2.29. The Morgan fingerprint density at radius 1 is 0.971 bits per heavy atom. The number of benzene rings is 3. The average Bonchev–Trinajstić information content (AvgIpc) is 2.83. The van der Waals surface area contributed by atoms with Gasteiger partial charge in [-0.25, -0.2) is 8.42 Å². The molecule has 0 saturated heterocycles. The molecule has 0 heterocycles. The summed E-state index contributed by atoms with van der Waals surface area (Å²) in [5.41, 5.74) is 3.43. The Morgan fingerprint density at radius 2 is 1.62 bits per heavy atom. The van der Waals surface area contributed by atoms with Crippen molar-refractivity contribution in [2.75, 3.05) is 17.5 Å². The van der Waals surface area contributed by atoms with E-state index in [9.17, 15) is 13.2 Å². The van der Waals surface area contributed by atoms with E-state index in [1.807, 2.05) is 45.0 Å². The van der Waals surface area contributed by atoms with Crippen LogP contribution in [-0.4, -0.2) is 27.5 Å². The number of anilines is 1. The lowest BCUT2D eigenvalue weighted by atomic mass is 10.1. The highest BCUT2D eigenvalue weighted by Crippen LogP contribution is 2.32. The van der Waals surface area contributed by atoms with Crippen LogP contribution in [0.4, 0.5) is 5.69 Å². The van der Waals surface area contributed by atoms with E-state index in [1.165, 1.54) is 5.56 Å². The van der Waals surface area contributed by atoms with Crippen LogP contribution in [-0.2, 0) is 21.2 Å². The van der Waals surface area contributed by atoms with E-state index in [4.69, 9.17) is 4.74 Å². The van der Waals surface area contributed by atoms with Crippen LogP contribution in [0.1, 0.15) is 43.5 Å². The molecule has 0 saturated carbocycles. The van der Waals surface area contributed by atoms with Gasteiger partial charge in [-0.2, -0.15) is 0 Å². The number of carbonyl (C=O) groups excluding carboxylic acids is 1. The molecule has 1 amide bonds. The van der Waals surface area contributed by atoms with Crippen LogP contribution in [0.3, 0.4) is 0 Å². The molecule has 7 heteroatoms. The lowest BCUT2D eigenvalue weighted by molar-refractivity contribution is -0.120. The van der Waals surface area contributed by atoms with Crippen LogP contribution in [0.25, 0.3) is 0 Å². The lowest BCUT2D eigenvalue weighted by Crippen LogP contribution is -2.41. The van der Waals surface area contributed by atoms with Crippen LogP contribution in [0.5, 0.6) is 5.75 Å². The number of rotatable bonds is 10. The van der Waals surface area contributed by atoms with Crippen LogP contribution in [0.15, 0.2) is 77.7 Å². The van der Waals surface area contributed by atoms with E-state index in [0.717, 1.165) is 21.9 Å². The fourth-order valence-electron chi connectivity index (χ4n) is 3.62. The first-order valence-corrected chi connectivity index (χ1v) is 12.9. The van der Waals surface area contributed by atoms with Crippen LogP contribution in [0.2, 0.25) is 0 Å². The molecule has 0 aliphatic rings. The normalized spacial score (nSPS) is 12.1. The lowest BCUT2D eigenvalue weighted by Gasteiger charge is -2.26. The van der Waals surface area contributed by atoms with E-state index in [0.29, 0.717) is 18.0 Å². The fourth-order valence-corrected chi connectivity index (χ4v) is 5.05. The second-order valence-electron chi connectivity index (χ2n) is 8.11. The summed E-state index contributed by atoms with van der Waals surface area (Å²) in [7, 11) is -4.02. The van der Waals surface area contributed by atoms with Crippen molar-refractivity contribution in [3.63, 3.8) is 0 Å². The minimum atomic E-state index is -4.02. The van der Waals surface area contributed by atoms with Crippen molar-refractivity contribution in [2.45, 2.75) is 45.1 Å². The molecule has 3 aromatic rings. The highest BCUT2D eigenvalue weighted by atomic mass is 32.2. The highest BCUT2D eigenvalue weighted by molar-refractivity contribution is 7.92. The van der Waals surface area contributed by atoms with Gasteiger partial charge in [0.05, 0.1) is 23.2 Å². The topological polar surface area (TPSA) is 75.7 Å². The second-order valence-corrected chi connectivity index (χ2v) is 9.97. The molecule has 180 valence electrons. The van der Waals surface area contributed by atoms with Gasteiger partial charge < -0.3 is 10.1 Å². The number of hydrogen-bond donors (Lipinski definition) is 1. The van der Waals surface area contributed by atoms with Crippen molar-refractivity contribution < 1.29 is 17.9 Å². The van der Waals surface area contributed by atoms with Gasteiger partial charge in [-0.05, 0) is 62.6 Å². The van der Waals surface area contributed by atoms with Crippen molar-refractivity contribution in [1.82, 2.24) is 5.32 Å². The standard InChI is InChI=1S/C27H32N2O4S/c1-5-22-13-15-23(16-14-22)21(4)28-27(30)19-29(25-9-7-8-10-26(25)33-6-2)34(31,32)24-17-11-20(3)12-18-24/h7-18,21H,5-6,19H2,1-4H3,(H,28,30). The number of carbonyl (C=O) groups is 1. The smallest absolute Gasteiger partial charge is 0.264 e. The molecule has 1 unspecified atom stereocenters. The minimum Gasteiger partial charge on any atom is -0.492 e. The largest absolute Gasteiger partial charge is 0.492 e. The Kier molecular flexibility index (Phi) is 8.34. The molecular weight excluding hydrogens is 448 g/mol. The summed E-state index contributed by atoms with van der Waals surface area (Å²) < 4.78 is 34.1. The third-order valence-corrected chi connectivity index (χ3v) is 7.37. The summed E-state index contributed by atoms with van der Waals surface area (Å²) in [5.74, 6) is -0.00857. The molecule has 0 aliphatic carbocycles. The summed E-state index contributed by atoms with van der Waals surface area (Å²) >= 11 is 0. The Morgan fingerprint density at radius 3 is 2.24 bits per heavy atom. The zero-order chi connectivity index (χ0) is 24.7. The van der Waals surface area contributed by atoms with Gasteiger partial charge in [0.2, 0.25) is 5.91 Å². The molecule has 0 bridgehead atoms. The quantitative estimate of drug-likeness (QED) is 0.442. The molecule has 6 nitrogen and oxygen atoms in total. The number of sulfonamides is 1. The third kappa shape index (κ3) is 5.97. The van der Waals surface area contributed by atoms with E-state index < -0.39 is 15.9 Å². The van der Waals surface area contributed by atoms with E-state index >= 15 is 0 Å². The predicted octanol–water partition coefficient (Wildman–Crippen LogP) is 5.03. The Bertz CT molecular complexity index is 1210. The molecule has 0 aromatic heterocycles. The molecular formula is C27H32N2O4S. The van der Waals surface area contributed by atoms with Gasteiger partial charge in [0.15, 0.2) is 0 Å². The zero-order valence-corrected chi connectivity index (χ0v) is 20.9. The number of ether oxygens (including phenoxy) is 1. The SMILES string of the molecule is CCOc1ccccc1N(CC(=O)NC(C)c1ccc(CC)cc1)S(=O)(=O)c1ccc(C)cc1. The molecule has 34 heavy (non-hydrogen) atoms. The maximum atomic E-state index is 13.7. The molecule has 0 aliphatic heterocycles. The molecule has 3 aromatic carbocycles. The van der Waals surface area contributed by atoms with Crippen LogP contribution >= 0.6 is 0 Å². The second kappa shape index (κ2) is 11.2. The zero-order valence-electron chi connectivity index (χ0n) is 20.1. The number of nitrogens with one attached hydrogen (secondary N) is 1. The fraction of sp³-hybridized carbons (Fsp3) is 0.296. The van der Waals surface area contributed by atoms with E-state index in [1.54, 1.807) is 48.5 Å². The monoisotopic (exact) mass is 480 g/mol. The first kappa shape index (κ1) is 25.3. The van der Waals surface area contributed by atoms with E-state index in [-0.39, 0.29) is 17.5 Å². The van der Waals surface area contributed by atoms with Crippen molar-refractivity contribution in [3.8, 4) is 5.75 Å². The van der Waals surface area contributed by atoms with Gasteiger partial charge in [-0.15, -0.1) is 0 Å². The predicted molar refractivity (Wildman–Crippen MR) is 136 cm³/mol. The van der Waals surface area contributed by atoms with Gasteiger partial charge in [-0.1, -0.05) is 61.0 Å². The van der Waals surface area contributed by atoms with Crippen molar-refractivity contribution in [2.24, 2.45) is 0 Å². The number of nitrogens with zero attached hydrogens (tertiary/aromatic N) is 1. The molecule has 3 rings (SSSR count). The summed E-state index contributed by atoms with van der Waals surface area (Å²) in [6.07, 6.45) is 0.937. The van der Waals surface area contributed by atoms with Gasteiger partial charge in [0.1, 0.15) is 12.3 Å². The third-order valence-electron chi connectivity index (χ3n) is 5.60. The van der Waals surface area contributed by atoms with Gasteiger partial charge in [-0.3, -0.25) is 9.10 Å². The molecule has 0 radical (unpaired) electrons. The van der Waals surface area contributed by atoms with Crippen LogP contribution < -0.4 is 14.4 Å². The average molecular weight is 481 g/mol. The summed E-state index contributed by atoms with van der Waals surface area (Å²) in [4.78, 5) is 13.2. The molecule has 0 fully saturated rings. The molecule has 1 atom stereocenters. The minimum absolute atomic E-state index is 0.111. The maximum Gasteiger partial charge on any atom is 0.264 e.